The number of nitriles is 3. The summed E-state index contributed by atoms with van der Waals surface area (Å²) in [6.07, 6.45) is 0. The number of benzene rings is 7. The number of fused-ring (bicyclic) bond motifs is 6. The second-order valence-corrected chi connectivity index (χ2v) is 12.3. The molecule has 0 saturated heterocycles. The van der Waals surface area contributed by atoms with Gasteiger partial charge in [-0.25, -0.2) is 0 Å². The maximum absolute atomic E-state index is 10.4. The van der Waals surface area contributed by atoms with Crippen molar-refractivity contribution < 1.29 is 0 Å². The fraction of sp³-hybridized carbons (Fsp3) is 0. The lowest BCUT2D eigenvalue weighted by Crippen LogP contribution is -2.02. The molecule has 0 aliphatic rings. The number of rotatable bonds is 4. The van der Waals surface area contributed by atoms with Gasteiger partial charge in [-0.3, -0.25) is 0 Å². The molecule has 5 heteroatoms. The van der Waals surface area contributed by atoms with E-state index < -0.39 is 0 Å². The monoisotopic (exact) mass is 635 g/mol. The van der Waals surface area contributed by atoms with Gasteiger partial charge in [-0.1, -0.05) is 91.0 Å². The smallest absolute Gasteiger partial charge is 0.101 e. The van der Waals surface area contributed by atoms with Crippen molar-refractivity contribution in [1.82, 2.24) is 9.13 Å². The largest absolute Gasteiger partial charge is 0.309 e. The van der Waals surface area contributed by atoms with E-state index in [1.165, 1.54) is 0 Å². The average Bonchev–Trinajstić information content (AvgIpc) is 3.70. The molecule has 7 aromatic carbocycles. The molecule has 0 radical (unpaired) electrons. The molecule has 2 aromatic heterocycles. The van der Waals surface area contributed by atoms with E-state index in [1.54, 1.807) is 6.07 Å². The first-order valence-electron chi connectivity index (χ1n) is 16.3. The molecule has 2 heterocycles. The van der Waals surface area contributed by atoms with Crippen molar-refractivity contribution >= 4 is 43.6 Å². The van der Waals surface area contributed by atoms with E-state index in [2.05, 4.69) is 112 Å². The Bertz CT molecular complexity index is 2900. The Morgan fingerprint density at radius 2 is 0.960 bits per heavy atom. The predicted octanol–water partition coefficient (Wildman–Crippen LogP) is 10.8. The van der Waals surface area contributed by atoms with Crippen LogP contribution in [-0.2, 0) is 0 Å². The molecule has 9 aromatic rings. The molecule has 0 atom stereocenters. The third-order valence-corrected chi connectivity index (χ3v) is 9.60. The number of hydrogen-bond donors (Lipinski definition) is 0. The molecule has 0 fully saturated rings. The summed E-state index contributed by atoms with van der Waals surface area (Å²) >= 11 is 0. The lowest BCUT2D eigenvalue weighted by Gasteiger charge is -2.17. The molecule has 0 spiro atoms. The van der Waals surface area contributed by atoms with Gasteiger partial charge in [0, 0.05) is 32.8 Å². The summed E-state index contributed by atoms with van der Waals surface area (Å²) in [7, 11) is 0. The lowest BCUT2D eigenvalue weighted by atomic mass is 9.95. The SMILES string of the molecule is N#Cc1cc(C#N)c(-n2c3ccccc3c3ccccc32)c(-c2ccc(-c3cccc(-n4c5ccccc5c5cc(C#N)ccc54)c3)cc2)c1. The Hall–Kier alpha value is -7.39. The van der Waals surface area contributed by atoms with Crippen molar-refractivity contribution in [2.24, 2.45) is 0 Å². The van der Waals surface area contributed by atoms with Gasteiger partial charge in [-0.05, 0) is 77.4 Å². The van der Waals surface area contributed by atoms with Crippen LogP contribution in [0.5, 0.6) is 0 Å². The molecule has 9 rings (SSSR count). The van der Waals surface area contributed by atoms with Gasteiger partial charge < -0.3 is 9.13 Å². The highest BCUT2D eigenvalue weighted by molar-refractivity contribution is 6.11. The molecule has 0 aliphatic carbocycles. The summed E-state index contributed by atoms with van der Waals surface area (Å²) in [5.74, 6) is 0. The van der Waals surface area contributed by atoms with E-state index in [-0.39, 0.29) is 0 Å². The quantitative estimate of drug-likeness (QED) is 0.193. The first kappa shape index (κ1) is 28.8. The Morgan fingerprint density at radius 3 is 1.60 bits per heavy atom. The number of hydrogen-bond acceptors (Lipinski definition) is 3. The lowest BCUT2D eigenvalue weighted by molar-refractivity contribution is 1.17. The highest BCUT2D eigenvalue weighted by atomic mass is 15.0. The molecule has 0 N–H and O–H groups in total. The highest BCUT2D eigenvalue weighted by Crippen LogP contribution is 2.39. The molecule has 0 saturated carbocycles. The van der Waals surface area contributed by atoms with Crippen molar-refractivity contribution in [3.63, 3.8) is 0 Å². The van der Waals surface area contributed by atoms with Crippen molar-refractivity contribution in [3.05, 3.63) is 168 Å². The first-order chi connectivity index (χ1) is 24.7. The zero-order valence-electron chi connectivity index (χ0n) is 26.7. The van der Waals surface area contributed by atoms with Crippen LogP contribution in [0.25, 0.3) is 77.2 Å². The maximum atomic E-state index is 10.4. The van der Waals surface area contributed by atoms with Gasteiger partial charge in [-0.2, -0.15) is 15.8 Å². The van der Waals surface area contributed by atoms with Crippen LogP contribution < -0.4 is 0 Å². The van der Waals surface area contributed by atoms with Crippen LogP contribution in [0.4, 0.5) is 0 Å². The maximum Gasteiger partial charge on any atom is 0.101 e. The zero-order valence-corrected chi connectivity index (χ0v) is 26.7. The van der Waals surface area contributed by atoms with Crippen LogP contribution in [0, 0.1) is 34.0 Å². The van der Waals surface area contributed by atoms with Gasteiger partial charge in [0.2, 0.25) is 0 Å². The van der Waals surface area contributed by atoms with Gasteiger partial charge in [0.1, 0.15) is 6.07 Å². The molecular weight excluding hydrogens is 611 g/mol. The van der Waals surface area contributed by atoms with E-state index in [1.807, 2.05) is 60.7 Å². The third kappa shape index (κ3) is 4.38. The predicted molar refractivity (Wildman–Crippen MR) is 200 cm³/mol. The normalized spacial score (nSPS) is 11.1. The molecule has 50 heavy (non-hydrogen) atoms. The van der Waals surface area contributed by atoms with E-state index in [9.17, 15) is 15.8 Å². The minimum Gasteiger partial charge on any atom is -0.309 e. The van der Waals surface area contributed by atoms with Gasteiger partial charge in [0.05, 0.1) is 56.6 Å². The molecule has 0 bridgehead atoms. The van der Waals surface area contributed by atoms with Crippen LogP contribution >= 0.6 is 0 Å². The number of para-hydroxylation sites is 3. The summed E-state index contributed by atoms with van der Waals surface area (Å²) in [5, 5.41) is 34.3. The number of aromatic nitrogens is 2. The standard InChI is InChI=1S/C45H25N5/c46-26-29-16-21-44-40(23-29)38-12-3-4-13-41(38)49(44)35-9-7-8-33(25-35)31-17-19-32(20-18-31)39-24-30(27-47)22-34(28-48)45(39)50-42-14-5-1-10-36(42)37-11-2-6-15-43(37)50/h1-25H. The fourth-order valence-corrected chi connectivity index (χ4v) is 7.40. The van der Waals surface area contributed by atoms with Crippen LogP contribution in [0.2, 0.25) is 0 Å². The van der Waals surface area contributed by atoms with Crippen molar-refractivity contribution in [2.45, 2.75) is 0 Å². The second-order valence-electron chi connectivity index (χ2n) is 12.3. The van der Waals surface area contributed by atoms with Crippen molar-refractivity contribution in [3.8, 4) is 51.8 Å². The summed E-state index contributed by atoms with van der Waals surface area (Å²) in [4.78, 5) is 0. The summed E-state index contributed by atoms with van der Waals surface area (Å²) in [6.45, 7) is 0. The molecule has 5 nitrogen and oxygen atoms in total. The van der Waals surface area contributed by atoms with Crippen LogP contribution in [-0.4, -0.2) is 9.13 Å². The minimum absolute atomic E-state index is 0.436. The molecule has 0 aliphatic heterocycles. The van der Waals surface area contributed by atoms with Crippen molar-refractivity contribution in [1.29, 1.82) is 15.8 Å². The molecule has 0 amide bonds. The van der Waals surface area contributed by atoms with E-state index in [0.29, 0.717) is 16.7 Å². The Labute approximate surface area is 287 Å². The highest BCUT2D eigenvalue weighted by Gasteiger charge is 2.20. The Kier molecular flexibility index (Phi) is 6.56. The number of nitrogens with zero attached hydrogens (tertiary/aromatic N) is 5. The Morgan fingerprint density at radius 1 is 0.380 bits per heavy atom. The summed E-state index contributed by atoms with van der Waals surface area (Å²) in [6, 6.07) is 57.9. The molecule has 230 valence electrons. The van der Waals surface area contributed by atoms with E-state index in [4.69, 9.17) is 0 Å². The molecule has 0 unspecified atom stereocenters. The van der Waals surface area contributed by atoms with Gasteiger partial charge >= 0.3 is 0 Å². The third-order valence-electron chi connectivity index (χ3n) is 9.60. The van der Waals surface area contributed by atoms with Gasteiger partial charge in [0.25, 0.3) is 0 Å². The topological polar surface area (TPSA) is 81.2 Å². The summed E-state index contributed by atoms with van der Waals surface area (Å²) < 4.78 is 4.40. The average molecular weight is 636 g/mol. The fourth-order valence-electron chi connectivity index (χ4n) is 7.40. The first-order valence-corrected chi connectivity index (χ1v) is 16.3. The van der Waals surface area contributed by atoms with E-state index >= 15 is 0 Å². The van der Waals surface area contributed by atoms with E-state index in [0.717, 1.165) is 77.2 Å². The van der Waals surface area contributed by atoms with Crippen molar-refractivity contribution in [2.75, 3.05) is 0 Å². The van der Waals surface area contributed by atoms with Crippen LogP contribution in [0.15, 0.2) is 152 Å². The van der Waals surface area contributed by atoms with Crippen LogP contribution in [0.1, 0.15) is 16.7 Å². The Balaban J connectivity index is 1.19. The zero-order chi connectivity index (χ0) is 33.8. The van der Waals surface area contributed by atoms with Gasteiger partial charge in [-0.15, -0.1) is 0 Å². The van der Waals surface area contributed by atoms with Crippen LogP contribution in [0.3, 0.4) is 0 Å². The summed E-state index contributed by atoms with van der Waals surface area (Å²) in [5.41, 5.74) is 11.2. The molecular formula is C45H25N5. The van der Waals surface area contributed by atoms with Gasteiger partial charge in [0.15, 0.2) is 0 Å². The minimum atomic E-state index is 0.436. The second kappa shape index (κ2) is 11.4.